The normalized spacial score (nSPS) is 17.8. The van der Waals surface area contributed by atoms with Gasteiger partial charge in [-0.15, -0.1) is 0 Å². The molecule has 1 aliphatic rings. The summed E-state index contributed by atoms with van der Waals surface area (Å²) in [5, 5.41) is 10.9. The minimum Gasteiger partial charge on any atom is -0.481 e. The Kier molecular flexibility index (Phi) is 3.60. The zero-order valence-corrected chi connectivity index (χ0v) is 8.92. The van der Waals surface area contributed by atoms with Gasteiger partial charge in [0, 0.05) is 12.6 Å². The number of carbonyl (C=O) groups excluding carboxylic acids is 1. The van der Waals surface area contributed by atoms with Crippen molar-refractivity contribution >= 4 is 28.2 Å². The molecular formula is C7H10N2O6S. The summed E-state index contributed by atoms with van der Waals surface area (Å²) < 4.78 is 30.8. The van der Waals surface area contributed by atoms with E-state index in [4.69, 9.17) is 9.66 Å². The van der Waals surface area contributed by atoms with E-state index in [0.29, 0.717) is 5.01 Å². The number of carbonyl (C=O) groups is 2. The van der Waals surface area contributed by atoms with Crippen molar-refractivity contribution in [3.8, 4) is 0 Å². The van der Waals surface area contributed by atoms with Gasteiger partial charge in [0.05, 0.1) is 6.42 Å². The summed E-state index contributed by atoms with van der Waals surface area (Å²) in [4.78, 5) is 21.5. The number of carboxylic acids is 1. The van der Waals surface area contributed by atoms with Gasteiger partial charge in [-0.25, -0.2) is 5.01 Å². The van der Waals surface area contributed by atoms with Crippen LogP contribution in [0.5, 0.6) is 0 Å². The van der Waals surface area contributed by atoms with Gasteiger partial charge in [-0.3, -0.25) is 14.1 Å². The highest BCUT2D eigenvalue weighted by Crippen LogP contribution is 2.17. The summed E-state index contributed by atoms with van der Waals surface area (Å²) in [5.41, 5.74) is 0. The summed E-state index contributed by atoms with van der Waals surface area (Å²) in [7, 11) is -4.55. The second-order valence-corrected chi connectivity index (χ2v) is 4.72. The Morgan fingerprint density at radius 1 is 1.62 bits per heavy atom. The number of rotatable bonds is 5. The predicted molar refractivity (Wildman–Crippen MR) is 52.2 cm³/mol. The molecule has 0 fully saturated rings. The lowest BCUT2D eigenvalue weighted by molar-refractivity contribution is -0.138. The second kappa shape index (κ2) is 4.58. The van der Waals surface area contributed by atoms with E-state index in [1.807, 2.05) is 0 Å². The molecule has 0 saturated carbocycles. The molecule has 1 unspecified atom stereocenters. The summed E-state index contributed by atoms with van der Waals surface area (Å²) in [5.74, 6) is -1.81. The van der Waals surface area contributed by atoms with E-state index in [2.05, 4.69) is 5.10 Å². The van der Waals surface area contributed by atoms with Crippen LogP contribution in [0.15, 0.2) is 5.10 Å². The summed E-state index contributed by atoms with van der Waals surface area (Å²) >= 11 is 0. The number of aliphatic carboxylic acids is 1. The van der Waals surface area contributed by atoms with Gasteiger partial charge in [-0.1, -0.05) is 0 Å². The second-order valence-electron chi connectivity index (χ2n) is 3.14. The van der Waals surface area contributed by atoms with E-state index in [1.54, 1.807) is 0 Å². The van der Waals surface area contributed by atoms with Crippen LogP contribution >= 0.6 is 0 Å². The maximum Gasteiger partial charge on any atom is 0.303 e. The fraction of sp³-hybridized carbons (Fsp3) is 0.571. The average molecular weight is 250 g/mol. The van der Waals surface area contributed by atoms with Crippen LogP contribution in [-0.2, 0) is 19.7 Å². The lowest BCUT2D eigenvalue weighted by Gasteiger charge is -2.20. The number of carboxylic acid groups (broad SMARTS) is 1. The number of amides is 1. The monoisotopic (exact) mass is 250 g/mol. The van der Waals surface area contributed by atoms with E-state index < -0.39 is 40.2 Å². The summed E-state index contributed by atoms with van der Waals surface area (Å²) in [6.07, 6.45) is 0.251. The first kappa shape index (κ1) is 12.6. The van der Waals surface area contributed by atoms with Crippen LogP contribution < -0.4 is 0 Å². The Hall–Kier alpha value is -1.48. The number of nitrogens with zero attached hydrogens (tertiary/aromatic N) is 2. The lowest BCUT2D eigenvalue weighted by atomic mass is 10.3. The van der Waals surface area contributed by atoms with E-state index in [1.165, 1.54) is 6.21 Å². The smallest absolute Gasteiger partial charge is 0.303 e. The molecule has 0 bridgehead atoms. The molecule has 1 aliphatic heterocycles. The zero-order valence-electron chi connectivity index (χ0n) is 8.11. The van der Waals surface area contributed by atoms with Crippen LogP contribution in [0.2, 0.25) is 0 Å². The highest BCUT2D eigenvalue weighted by molar-refractivity contribution is 7.86. The van der Waals surface area contributed by atoms with Crippen molar-refractivity contribution in [3.05, 3.63) is 0 Å². The van der Waals surface area contributed by atoms with Crippen LogP contribution in [0, 0.1) is 0 Å². The van der Waals surface area contributed by atoms with Gasteiger partial charge in [0.25, 0.3) is 10.1 Å². The Morgan fingerprint density at radius 2 is 2.25 bits per heavy atom. The molecule has 1 amide bonds. The molecule has 1 atom stereocenters. The van der Waals surface area contributed by atoms with Crippen LogP contribution in [0.25, 0.3) is 0 Å². The molecule has 0 aliphatic carbocycles. The molecule has 1 heterocycles. The van der Waals surface area contributed by atoms with Crippen LogP contribution in [-0.4, -0.2) is 46.6 Å². The summed E-state index contributed by atoms with van der Waals surface area (Å²) in [6.45, 7) is 0. The fourth-order valence-electron chi connectivity index (χ4n) is 1.24. The van der Waals surface area contributed by atoms with Gasteiger partial charge in [0.2, 0.25) is 5.91 Å². The van der Waals surface area contributed by atoms with Gasteiger partial charge < -0.3 is 5.11 Å². The van der Waals surface area contributed by atoms with Crippen molar-refractivity contribution in [1.29, 1.82) is 0 Å². The minimum atomic E-state index is -4.55. The van der Waals surface area contributed by atoms with Crippen molar-refractivity contribution in [2.24, 2.45) is 5.10 Å². The molecule has 0 aromatic heterocycles. The molecule has 2 N–H and O–H groups in total. The molecule has 90 valence electrons. The number of hydrogen-bond donors (Lipinski definition) is 2. The average Bonchev–Trinajstić information content (AvgIpc) is 2.49. The first-order valence-electron chi connectivity index (χ1n) is 4.35. The molecule has 9 heteroatoms. The third-order valence-electron chi connectivity index (χ3n) is 1.95. The van der Waals surface area contributed by atoms with Crippen molar-refractivity contribution in [2.75, 3.05) is 0 Å². The molecular weight excluding hydrogens is 240 g/mol. The van der Waals surface area contributed by atoms with E-state index in [-0.39, 0.29) is 6.42 Å². The molecule has 1 rings (SSSR count). The highest BCUT2D eigenvalue weighted by Gasteiger charge is 2.35. The van der Waals surface area contributed by atoms with Gasteiger partial charge in [-0.05, 0) is 6.42 Å². The fourth-order valence-corrected chi connectivity index (χ4v) is 2.08. The zero-order chi connectivity index (χ0) is 12.3. The lowest BCUT2D eigenvalue weighted by Crippen LogP contribution is -2.39. The molecule has 0 aromatic carbocycles. The minimum absolute atomic E-state index is 0.0565. The van der Waals surface area contributed by atoms with Crippen molar-refractivity contribution in [2.45, 2.75) is 24.6 Å². The van der Waals surface area contributed by atoms with Crippen molar-refractivity contribution in [3.63, 3.8) is 0 Å². The molecule has 0 spiro atoms. The van der Waals surface area contributed by atoms with Gasteiger partial charge >= 0.3 is 5.97 Å². The van der Waals surface area contributed by atoms with Crippen molar-refractivity contribution in [1.82, 2.24) is 5.01 Å². The molecule has 16 heavy (non-hydrogen) atoms. The molecule has 0 aromatic rings. The molecule has 0 radical (unpaired) electrons. The van der Waals surface area contributed by atoms with E-state index >= 15 is 0 Å². The Morgan fingerprint density at radius 3 is 2.62 bits per heavy atom. The first-order valence-corrected chi connectivity index (χ1v) is 5.85. The standard InChI is InChI=1S/C7H10N2O6S/c10-5-3-4-8-9(5)6(16(13,14)15)1-2-7(11)12/h4,6H,1-3H2,(H,11,12)(H,13,14,15). The van der Waals surface area contributed by atoms with Gasteiger partial charge in [0.1, 0.15) is 0 Å². The maximum atomic E-state index is 11.2. The quantitative estimate of drug-likeness (QED) is 0.620. The van der Waals surface area contributed by atoms with Gasteiger partial charge in [0.15, 0.2) is 5.37 Å². The van der Waals surface area contributed by atoms with Crippen LogP contribution in [0.3, 0.4) is 0 Å². The van der Waals surface area contributed by atoms with Crippen LogP contribution in [0.4, 0.5) is 0 Å². The topological polar surface area (TPSA) is 124 Å². The maximum absolute atomic E-state index is 11.2. The van der Waals surface area contributed by atoms with E-state index in [9.17, 15) is 18.0 Å². The number of hydrogen-bond acceptors (Lipinski definition) is 5. The highest BCUT2D eigenvalue weighted by atomic mass is 32.2. The number of hydrazone groups is 1. The SMILES string of the molecule is O=C(O)CCC(N1N=CCC1=O)S(=O)(=O)O. The third kappa shape index (κ3) is 3.00. The summed E-state index contributed by atoms with van der Waals surface area (Å²) in [6, 6.07) is 0. The largest absolute Gasteiger partial charge is 0.481 e. The first-order chi connectivity index (χ1) is 7.32. The third-order valence-corrected chi connectivity index (χ3v) is 3.07. The molecule has 0 saturated heterocycles. The Balaban J connectivity index is 2.84. The molecule has 8 nitrogen and oxygen atoms in total. The van der Waals surface area contributed by atoms with Crippen LogP contribution in [0.1, 0.15) is 19.3 Å². The predicted octanol–water partition coefficient (Wildman–Crippen LogP) is -0.717. The van der Waals surface area contributed by atoms with E-state index in [0.717, 1.165) is 0 Å². The van der Waals surface area contributed by atoms with Crippen molar-refractivity contribution < 1.29 is 27.7 Å². The Bertz CT molecular complexity index is 428. The Labute approximate surface area is 91.3 Å². The van der Waals surface area contributed by atoms with Gasteiger partial charge in [-0.2, -0.15) is 13.5 Å².